The van der Waals surface area contributed by atoms with Gasteiger partial charge in [-0.05, 0) is 29.8 Å². The summed E-state index contributed by atoms with van der Waals surface area (Å²) in [5.41, 5.74) is 0.881. The molecule has 1 heterocycles. The number of nitrogens with zero attached hydrogens (tertiary/aromatic N) is 1. The number of aliphatic imine (C=N–C) groups is 1. The molecule has 2 rings (SSSR count). The lowest BCUT2D eigenvalue weighted by molar-refractivity contribution is -0.120. The molecular formula is C16H19Cl2IN4O2. The number of carbonyl (C=O) groups is 1. The quantitative estimate of drug-likeness (QED) is 0.326. The molecule has 0 aliphatic carbocycles. The Balaban J connectivity index is 0.00000312. The highest BCUT2D eigenvalue weighted by Gasteiger charge is 2.06. The maximum atomic E-state index is 11.8. The third-order valence-electron chi connectivity index (χ3n) is 3.14. The summed E-state index contributed by atoms with van der Waals surface area (Å²) in [6, 6.07) is 8.85. The van der Waals surface area contributed by atoms with Gasteiger partial charge in [-0.3, -0.25) is 9.79 Å². The molecule has 1 aromatic carbocycles. The molecule has 0 saturated heterocycles. The van der Waals surface area contributed by atoms with Crippen molar-refractivity contribution < 1.29 is 9.21 Å². The van der Waals surface area contributed by atoms with Crippen LogP contribution in [-0.4, -0.2) is 25.5 Å². The van der Waals surface area contributed by atoms with E-state index in [1.807, 2.05) is 6.07 Å². The molecule has 0 saturated carbocycles. The van der Waals surface area contributed by atoms with Crippen molar-refractivity contribution in [2.75, 3.05) is 13.6 Å². The molecule has 0 bridgehead atoms. The molecule has 0 atom stereocenters. The minimum Gasteiger partial charge on any atom is -0.467 e. The number of amides is 1. The first kappa shape index (κ1) is 21.6. The summed E-state index contributed by atoms with van der Waals surface area (Å²) in [6.07, 6.45) is 1.56. The van der Waals surface area contributed by atoms with Gasteiger partial charge in [-0.15, -0.1) is 24.0 Å². The highest BCUT2D eigenvalue weighted by atomic mass is 127. The minimum absolute atomic E-state index is 0. The van der Waals surface area contributed by atoms with Crippen LogP contribution in [0, 0.1) is 0 Å². The fraction of sp³-hybridized carbons (Fsp3) is 0.250. The molecular weight excluding hydrogens is 478 g/mol. The van der Waals surface area contributed by atoms with Crippen LogP contribution < -0.4 is 16.0 Å². The molecule has 1 aromatic heterocycles. The zero-order chi connectivity index (χ0) is 17.4. The Kier molecular flexibility index (Phi) is 9.69. The molecule has 9 heteroatoms. The van der Waals surface area contributed by atoms with E-state index in [1.54, 1.807) is 37.6 Å². The third-order valence-corrected chi connectivity index (χ3v) is 3.73. The maximum absolute atomic E-state index is 11.8. The molecule has 0 spiro atoms. The Morgan fingerprint density at radius 2 is 1.96 bits per heavy atom. The predicted molar refractivity (Wildman–Crippen MR) is 111 cm³/mol. The molecule has 0 unspecified atom stereocenters. The van der Waals surface area contributed by atoms with E-state index >= 15 is 0 Å². The summed E-state index contributed by atoms with van der Waals surface area (Å²) in [4.78, 5) is 15.8. The Labute approximate surface area is 173 Å². The second-order valence-electron chi connectivity index (χ2n) is 4.87. The number of carbonyl (C=O) groups excluding carboxylic acids is 1. The van der Waals surface area contributed by atoms with E-state index < -0.39 is 0 Å². The summed E-state index contributed by atoms with van der Waals surface area (Å²) in [5, 5.41) is 9.91. The largest absolute Gasteiger partial charge is 0.467 e. The van der Waals surface area contributed by atoms with Crippen LogP contribution in [0.15, 0.2) is 46.0 Å². The predicted octanol–water partition coefficient (Wildman–Crippen LogP) is 3.19. The molecule has 136 valence electrons. The van der Waals surface area contributed by atoms with Crippen LogP contribution in [-0.2, 0) is 17.9 Å². The van der Waals surface area contributed by atoms with Crippen LogP contribution >= 0.6 is 47.2 Å². The van der Waals surface area contributed by atoms with Gasteiger partial charge in [-0.1, -0.05) is 29.3 Å². The summed E-state index contributed by atoms with van der Waals surface area (Å²) in [7, 11) is 1.62. The van der Waals surface area contributed by atoms with Gasteiger partial charge in [-0.25, -0.2) is 0 Å². The topological polar surface area (TPSA) is 78.7 Å². The van der Waals surface area contributed by atoms with Crippen LogP contribution in [0.4, 0.5) is 0 Å². The second-order valence-corrected chi connectivity index (χ2v) is 5.71. The zero-order valence-electron chi connectivity index (χ0n) is 13.5. The number of halogens is 3. The SMILES string of the molecule is CN=C(NCC(=O)NCc1ccco1)NCc1ccc(Cl)cc1Cl.I. The number of guanidine groups is 1. The van der Waals surface area contributed by atoms with Crippen LogP contribution in [0.5, 0.6) is 0 Å². The monoisotopic (exact) mass is 496 g/mol. The number of nitrogens with one attached hydrogen (secondary N) is 3. The first-order chi connectivity index (χ1) is 11.6. The lowest BCUT2D eigenvalue weighted by Crippen LogP contribution is -2.42. The Hall–Kier alpha value is -1.45. The lowest BCUT2D eigenvalue weighted by Gasteiger charge is -2.12. The zero-order valence-corrected chi connectivity index (χ0v) is 17.4. The first-order valence-corrected chi connectivity index (χ1v) is 8.01. The molecule has 1 amide bonds. The normalized spacial score (nSPS) is 10.8. The van der Waals surface area contributed by atoms with Gasteiger partial charge < -0.3 is 20.4 Å². The molecule has 0 radical (unpaired) electrons. The van der Waals surface area contributed by atoms with E-state index in [9.17, 15) is 4.79 Å². The Morgan fingerprint density at radius 1 is 1.16 bits per heavy atom. The highest BCUT2D eigenvalue weighted by Crippen LogP contribution is 2.20. The molecule has 3 N–H and O–H groups in total. The number of hydrogen-bond acceptors (Lipinski definition) is 3. The number of rotatable bonds is 6. The highest BCUT2D eigenvalue weighted by molar-refractivity contribution is 14.0. The summed E-state index contributed by atoms with van der Waals surface area (Å²) in [6.45, 7) is 0.901. The molecule has 25 heavy (non-hydrogen) atoms. The van der Waals surface area contributed by atoms with Crippen molar-refractivity contribution in [2.24, 2.45) is 4.99 Å². The van der Waals surface area contributed by atoms with E-state index in [0.29, 0.717) is 34.9 Å². The molecule has 0 fully saturated rings. The van der Waals surface area contributed by atoms with Gasteiger partial charge in [0.05, 0.1) is 19.4 Å². The molecule has 0 aliphatic heterocycles. The fourth-order valence-electron chi connectivity index (χ4n) is 1.89. The van der Waals surface area contributed by atoms with E-state index in [4.69, 9.17) is 27.6 Å². The standard InChI is InChI=1S/C16H18Cl2N4O2.HI/c1-19-16(21-8-11-4-5-12(17)7-14(11)18)22-10-15(23)20-9-13-3-2-6-24-13;/h2-7H,8-10H2,1H3,(H,20,23)(H2,19,21,22);1H. The maximum Gasteiger partial charge on any atom is 0.239 e. The van der Waals surface area contributed by atoms with Crippen LogP contribution in [0.25, 0.3) is 0 Å². The van der Waals surface area contributed by atoms with E-state index in [0.717, 1.165) is 5.56 Å². The molecule has 6 nitrogen and oxygen atoms in total. The van der Waals surface area contributed by atoms with Crippen LogP contribution in [0.2, 0.25) is 10.0 Å². The van der Waals surface area contributed by atoms with Gasteiger partial charge in [0.15, 0.2) is 5.96 Å². The van der Waals surface area contributed by atoms with Crippen molar-refractivity contribution in [1.29, 1.82) is 0 Å². The van der Waals surface area contributed by atoms with Gasteiger partial charge in [-0.2, -0.15) is 0 Å². The number of benzene rings is 1. The van der Waals surface area contributed by atoms with Gasteiger partial charge in [0, 0.05) is 23.6 Å². The second kappa shape index (κ2) is 11.2. The lowest BCUT2D eigenvalue weighted by atomic mass is 10.2. The van der Waals surface area contributed by atoms with Gasteiger partial charge >= 0.3 is 0 Å². The summed E-state index contributed by atoms with van der Waals surface area (Å²) in [5.74, 6) is 1.02. The van der Waals surface area contributed by atoms with Crippen LogP contribution in [0.3, 0.4) is 0 Å². The van der Waals surface area contributed by atoms with Crippen LogP contribution in [0.1, 0.15) is 11.3 Å². The van der Waals surface area contributed by atoms with Gasteiger partial charge in [0.25, 0.3) is 0 Å². The van der Waals surface area contributed by atoms with Crippen molar-refractivity contribution in [1.82, 2.24) is 16.0 Å². The molecule has 0 aliphatic rings. The van der Waals surface area contributed by atoms with E-state index in [2.05, 4.69) is 20.9 Å². The van der Waals surface area contributed by atoms with Crippen molar-refractivity contribution in [3.8, 4) is 0 Å². The Bertz CT molecular complexity index is 708. The number of hydrogen-bond donors (Lipinski definition) is 3. The Morgan fingerprint density at radius 3 is 2.60 bits per heavy atom. The summed E-state index contributed by atoms with van der Waals surface area (Å²) < 4.78 is 5.14. The third kappa shape index (κ3) is 7.54. The average molecular weight is 497 g/mol. The fourth-order valence-corrected chi connectivity index (χ4v) is 2.37. The van der Waals surface area contributed by atoms with Crippen molar-refractivity contribution >= 4 is 59.0 Å². The van der Waals surface area contributed by atoms with Crippen molar-refractivity contribution in [3.63, 3.8) is 0 Å². The summed E-state index contributed by atoms with van der Waals surface area (Å²) >= 11 is 12.0. The van der Waals surface area contributed by atoms with Gasteiger partial charge in [0.1, 0.15) is 5.76 Å². The number of furan rings is 1. The van der Waals surface area contributed by atoms with E-state index in [-0.39, 0.29) is 36.4 Å². The van der Waals surface area contributed by atoms with E-state index in [1.165, 1.54) is 0 Å². The van der Waals surface area contributed by atoms with Gasteiger partial charge in [0.2, 0.25) is 5.91 Å². The average Bonchev–Trinajstić information content (AvgIpc) is 3.08. The molecule has 2 aromatic rings. The van der Waals surface area contributed by atoms with Crippen molar-refractivity contribution in [3.05, 3.63) is 58.0 Å². The minimum atomic E-state index is -0.168. The van der Waals surface area contributed by atoms with Crippen molar-refractivity contribution in [2.45, 2.75) is 13.1 Å². The smallest absolute Gasteiger partial charge is 0.239 e. The first-order valence-electron chi connectivity index (χ1n) is 7.26.